The van der Waals surface area contributed by atoms with Gasteiger partial charge < -0.3 is 10.2 Å². The van der Waals surface area contributed by atoms with E-state index in [0.717, 1.165) is 52.2 Å². The van der Waals surface area contributed by atoms with Crippen molar-refractivity contribution in [1.82, 2.24) is 14.7 Å². The predicted molar refractivity (Wildman–Crippen MR) is 96.8 cm³/mol. The van der Waals surface area contributed by atoms with E-state index in [1.54, 1.807) is 0 Å². The maximum Gasteiger partial charge on any atom is 0.0679 e. The van der Waals surface area contributed by atoms with Gasteiger partial charge >= 0.3 is 0 Å². The van der Waals surface area contributed by atoms with Crippen LogP contribution in [0.5, 0.6) is 0 Å². The number of likely N-dealkylation sites (tertiary alicyclic amines) is 1. The van der Waals surface area contributed by atoms with Crippen LogP contribution in [0.15, 0.2) is 0 Å². The first-order chi connectivity index (χ1) is 10.5. The monoisotopic (exact) mass is 329 g/mol. The van der Waals surface area contributed by atoms with Gasteiger partial charge in [-0.25, -0.2) is 0 Å². The van der Waals surface area contributed by atoms with Gasteiger partial charge in [-0.15, -0.1) is 0 Å². The van der Waals surface area contributed by atoms with Crippen LogP contribution < -0.4 is 0 Å². The summed E-state index contributed by atoms with van der Waals surface area (Å²) in [5.41, 5.74) is 0.531. The third-order valence-corrected chi connectivity index (χ3v) is 4.85. The van der Waals surface area contributed by atoms with E-state index in [1.165, 1.54) is 0 Å². The summed E-state index contributed by atoms with van der Waals surface area (Å²) in [7, 11) is 0. The Bertz CT molecular complexity index is 328. The Morgan fingerprint density at radius 3 is 1.65 bits per heavy atom. The van der Waals surface area contributed by atoms with Crippen LogP contribution in [-0.2, 0) is 0 Å². The predicted octanol–water partition coefficient (Wildman–Crippen LogP) is 1.25. The van der Waals surface area contributed by atoms with Crippen molar-refractivity contribution in [3.63, 3.8) is 0 Å². The van der Waals surface area contributed by atoms with Gasteiger partial charge in [-0.05, 0) is 48.0 Å². The summed E-state index contributed by atoms with van der Waals surface area (Å²) in [4.78, 5) is 7.14. The van der Waals surface area contributed by atoms with Crippen LogP contribution in [0, 0.1) is 0 Å². The summed E-state index contributed by atoms with van der Waals surface area (Å²) in [5, 5.41) is 18.0. The minimum Gasteiger partial charge on any atom is -0.395 e. The van der Waals surface area contributed by atoms with Crippen LogP contribution >= 0.6 is 0 Å². The Morgan fingerprint density at radius 2 is 1.35 bits per heavy atom. The van der Waals surface area contributed by atoms with E-state index < -0.39 is 0 Å². The van der Waals surface area contributed by atoms with Crippen LogP contribution in [0.25, 0.3) is 0 Å². The zero-order valence-electron chi connectivity index (χ0n) is 16.2. The summed E-state index contributed by atoms with van der Waals surface area (Å²) in [6, 6.07) is 0. The van der Waals surface area contributed by atoms with Crippen LogP contribution in [0.2, 0.25) is 0 Å². The van der Waals surface area contributed by atoms with Gasteiger partial charge in [0.15, 0.2) is 0 Å². The lowest BCUT2D eigenvalue weighted by molar-refractivity contribution is 0.0547. The van der Waals surface area contributed by atoms with E-state index >= 15 is 0 Å². The van der Waals surface area contributed by atoms with Crippen molar-refractivity contribution in [2.45, 2.75) is 65.1 Å². The maximum absolute atomic E-state index is 9.22. The molecule has 0 aromatic rings. The molecule has 0 aliphatic carbocycles. The molecular weight excluding hydrogens is 290 g/mol. The van der Waals surface area contributed by atoms with E-state index in [-0.39, 0.29) is 18.2 Å². The topological polar surface area (TPSA) is 50.2 Å². The molecule has 1 atom stereocenters. The minimum absolute atomic E-state index is 0.0841. The lowest BCUT2D eigenvalue weighted by atomic mass is 10.1. The fraction of sp³-hybridized carbons (Fsp3) is 1.00. The van der Waals surface area contributed by atoms with Gasteiger partial charge in [-0.1, -0.05) is 0 Å². The number of hydrogen-bond acceptors (Lipinski definition) is 5. The molecule has 2 fully saturated rings. The Morgan fingerprint density at radius 1 is 0.826 bits per heavy atom. The lowest BCUT2D eigenvalue weighted by Gasteiger charge is -2.42. The standard InChI is InChI=1S/C10H22N2O.C8H17NO/c1-10(2,3)12-6-4-11(5-7-12)8-9-13;1-8(2,3)9-5-4-7(10)6-9/h13H,4-9H2,1-3H3;7,10H,4-6H2,1-3H3/t;7-/m.1/s1. The summed E-state index contributed by atoms with van der Waals surface area (Å²) >= 11 is 0. The number of aliphatic hydroxyl groups is 2. The number of rotatable bonds is 2. The quantitative estimate of drug-likeness (QED) is 0.798. The first-order valence-corrected chi connectivity index (χ1v) is 9.05. The Kier molecular flexibility index (Phi) is 7.94. The molecule has 2 rings (SSSR count). The molecule has 2 aliphatic rings. The van der Waals surface area contributed by atoms with E-state index in [9.17, 15) is 5.11 Å². The zero-order valence-corrected chi connectivity index (χ0v) is 16.2. The maximum atomic E-state index is 9.22. The molecule has 2 saturated heterocycles. The van der Waals surface area contributed by atoms with Gasteiger partial charge in [-0.2, -0.15) is 0 Å². The molecule has 5 heteroatoms. The molecule has 0 amide bonds. The average Bonchev–Trinajstić information content (AvgIpc) is 2.86. The molecule has 0 aromatic heterocycles. The number of nitrogens with zero attached hydrogens (tertiary/aromatic N) is 3. The van der Waals surface area contributed by atoms with Crippen molar-refractivity contribution in [3.05, 3.63) is 0 Å². The number of β-amino-alcohol motifs (C(OH)–C–C–N with tert-alkyl or cyclic N) is 2. The van der Waals surface area contributed by atoms with Crippen LogP contribution in [0.1, 0.15) is 48.0 Å². The summed E-state index contributed by atoms with van der Waals surface area (Å²) in [6.07, 6.45) is 0.858. The third kappa shape index (κ3) is 7.48. The smallest absolute Gasteiger partial charge is 0.0679 e. The molecule has 5 nitrogen and oxygen atoms in total. The van der Waals surface area contributed by atoms with Gasteiger partial charge in [0, 0.05) is 56.9 Å². The Hall–Kier alpha value is -0.200. The fourth-order valence-corrected chi connectivity index (χ4v) is 3.13. The van der Waals surface area contributed by atoms with Gasteiger partial charge in [-0.3, -0.25) is 14.7 Å². The van der Waals surface area contributed by atoms with Crippen LogP contribution in [0.4, 0.5) is 0 Å². The second-order valence-corrected chi connectivity index (χ2v) is 8.78. The van der Waals surface area contributed by atoms with Gasteiger partial charge in [0.05, 0.1) is 12.7 Å². The second kappa shape index (κ2) is 8.77. The van der Waals surface area contributed by atoms with Crippen molar-refractivity contribution in [3.8, 4) is 0 Å². The van der Waals surface area contributed by atoms with Gasteiger partial charge in [0.2, 0.25) is 0 Å². The van der Waals surface area contributed by atoms with Gasteiger partial charge in [0.1, 0.15) is 0 Å². The second-order valence-electron chi connectivity index (χ2n) is 8.78. The fourth-order valence-electron chi connectivity index (χ4n) is 3.13. The molecule has 0 unspecified atom stereocenters. The number of hydrogen-bond donors (Lipinski definition) is 2. The highest BCUT2D eigenvalue weighted by atomic mass is 16.3. The van der Waals surface area contributed by atoms with Crippen molar-refractivity contribution >= 4 is 0 Å². The highest BCUT2D eigenvalue weighted by Gasteiger charge is 2.28. The average molecular weight is 330 g/mol. The van der Waals surface area contributed by atoms with E-state index in [4.69, 9.17) is 5.11 Å². The van der Waals surface area contributed by atoms with E-state index in [1.807, 2.05) is 0 Å². The third-order valence-electron chi connectivity index (χ3n) is 4.85. The van der Waals surface area contributed by atoms with Crippen LogP contribution in [0.3, 0.4) is 0 Å². The van der Waals surface area contributed by atoms with Crippen molar-refractivity contribution in [2.75, 3.05) is 52.4 Å². The van der Waals surface area contributed by atoms with Crippen molar-refractivity contribution < 1.29 is 10.2 Å². The molecule has 0 radical (unpaired) electrons. The molecule has 0 bridgehead atoms. The largest absolute Gasteiger partial charge is 0.395 e. The Balaban J connectivity index is 0.000000238. The lowest BCUT2D eigenvalue weighted by Crippen LogP contribution is -2.53. The highest BCUT2D eigenvalue weighted by molar-refractivity contribution is 4.84. The SMILES string of the molecule is CC(C)(C)N1CCN(CCO)CC1.CC(C)(C)N1CC[C@@H](O)C1. The highest BCUT2D eigenvalue weighted by Crippen LogP contribution is 2.19. The molecule has 2 aliphatic heterocycles. The molecule has 138 valence electrons. The number of aliphatic hydroxyl groups excluding tert-OH is 2. The van der Waals surface area contributed by atoms with E-state index in [2.05, 4.69) is 56.2 Å². The molecule has 0 spiro atoms. The molecular formula is C18H39N3O2. The van der Waals surface area contributed by atoms with E-state index in [0.29, 0.717) is 5.54 Å². The summed E-state index contributed by atoms with van der Waals surface area (Å²) in [5.74, 6) is 0. The molecule has 2 heterocycles. The molecule has 0 aromatic carbocycles. The Labute approximate surface area is 143 Å². The van der Waals surface area contributed by atoms with Gasteiger partial charge in [0.25, 0.3) is 0 Å². The van der Waals surface area contributed by atoms with Crippen molar-refractivity contribution in [1.29, 1.82) is 0 Å². The zero-order chi connectivity index (χ0) is 17.7. The molecule has 2 N–H and O–H groups in total. The molecule has 23 heavy (non-hydrogen) atoms. The normalized spacial score (nSPS) is 25.3. The molecule has 0 saturated carbocycles. The number of piperazine rings is 1. The van der Waals surface area contributed by atoms with Crippen molar-refractivity contribution in [2.24, 2.45) is 0 Å². The van der Waals surface area contributed by atoms with Crippen LogP contribution in [-0.4, -0.2) is 94.5 Å². The summed E-state index contributed by atoms with van der Waals surface area (Å²) in [6.45, 7) is 20.8. The first-order valence-electron chi connectivity index (χ1n) is 9.05. The minimum atomic E-state index is -0.0841. The first kappa shape index (κ1) is 20.8. The summed E-state index contributed by atoms with van der Waals surface area (Å²) < 4.78 is 0.